The van der Waals surface area contributed by atoms with Crippen LogP contribution in [-0.4, -0.2) is 58.5 Å². The minimum atomic E-state index is -0.671. The van der Waals surface area contributed by atoms with Crippen LogP contribution in [0.25, 0.3) is 0 Å². The number of carbonyl (C=O) groups excluding carboxylic acids is 2. The number of cyclic esters (lactones) is 2. The Hall–Kier alpha value is -5.22. The lowest BCUT2D eigenvalue weighted by Crippen LogP contribution is -2.25. The second-order valence-corrected chi connectivity index (χ2v) is 22.1. The summed E-state index contributed by atoms with van der Waals surface area (Å²) in [4.78, 5) is 40.5. The van der Waals surface area contributed by atoms with Crippen LogP contribution in [0.4, 0.5) is 0 Å². The molecule has 10 nitrogen and oxygen atoms in total. The average Bonchev–Trinajstić information content (AvgIpc) is 3.87. The Bertz CT molecular complexity index is 1810. The molecule has 0 saturated carbocycles. The molecule has 0 radical (unpaired) electrons. The topological polar surface area (TPSA) is 157 Å². The zero-order valence-electron chi connectivity index (χ0n) is 52.9. The monoisotopic (exact) mass is 1150 g/mol. The zero-order chi connectivity index (χ0) is 60.7. The quantitative estimate of drug-likeness (QED) is 0.0252. The third kappa shape index (κ3) is 58.4. The third-order valence-electron chi connectivity index (χ3n) is 14.1. The Balaban J connectivity index is 0.00000122. The summed E-state index contributed by atoms with van der Waals surface area (Å²) < 4.78 is 15.5. The largest absolute Gasteiger partial charge is 0.491 e. The highest BCUT2D eigenvalue weighted by molar-refractivity contribution is 6.04. The van der Waals surface area contributed by atoms with Crippen LogP contribution < -0.4 is 9.47 Å². The predicted molar refractivity (Wildman–Crippen MR) is 348 cm³/mol. The molecule has 0 bridgehead atoms. The molecule has 0 spiro atoms. The van der Waals surface area contributed by atoms with Crippen molar-refractivity contribution >= 4 is 23.9 Å². The first-order valence-corrected chi connectivity index (χ1v) is 33.1. The van der Waals surface area contributed by atoms with Gasteiger partial charge in [-0.2, -0.15) is 0 Å². The van der Waals surface area contributed by atoms with E-state index in [1.807, 2.05) is 24.3 Å². The predicted octanol–water partition coefficient (Wildman–Crippen LogP) is 20.5. The number of carboxylic acids is 2. The van der Waals surface area contributed by atoms with E-state index >= 15 is 0 Å². The third-order valence-corrected chi connectivity index (χ3v) is 14.1. The highest BCUT2D eigenvalue weighted by atomic mass is 16.6. The minimum absolute atomic E-state index is 0.230. The van der Waals surface area contributed by atoms with Crippen molar-refractivity contribution < 1.29 is 48.7 Å². The van der Waals surface area contributed by atoms with Crippen LogP contribution in [-0.2, 0) is 36.8 Å². The first kappa shape index (κ1) is 77.8. The Morgan fingerprint density at radius 2 is 0.675 bits per heavy atom. The molecule has 1 aliphatic heterocycles. The summed E-state index contributed by atoms with van der Waals surface area (Å²) in [6.07, 6.45) is 67.0. The van der Waals surface area contributed by atoms with Gasteiger partial charge in [0.05, 0.1) is 0 Å². The molecule has 10 heteroatoms. The summed E-state index contributed by atoms with van der Waals surface area (Å²) in [6, 6.07) is 16.6. The average molecular weight is 1160 g/mol. The number of carbonyl (C=O) groups is 4. The van der Waals surface area contributed by atoms with E-state index in [2.05, 4.69) is 105 Å². The molecule has 0 atom stereocenters. The summed E-state index contributed by atoms with van der Waals surface area (Å²) in [7, 11) is 0. The number of hydrogen-bond acceptors (Lipinski definition) is 8. The van der Waals surface area contributed by atoms with Gasteiger partial charge in [0.2, 0.25) is 0 Å². The van der Waals surface area contributed by atoms with Crippen molar-refractivity contribution in [2.45, 2.75) is 291 Å². The lowest BCUT2D eigenvalue weighted by molar-refractivity contribution is -0.150. The van der Waals surface area contributed by atoms with E-state index < -0.39 is 30.0 Å². The molecule has 0 amide bonds. The van der Waals surface area contributed by atoms with Gasteiger partial charge in [0, 0.05) is 25.0 Å². The van der Waals surface area contributed by atoms with Gasteiger partial charge < -0.3 is 29.5 Å². The van der Waals surface area contributed by atoms with Crippen molar-refractivity contribution in [2.24, 2.45) is 0 Å². The number of aliphatic carboxylic acids is 2. The van der Waals surface area contributed by atoms with Crippen LogP contribution in [0.15, 0.2) is 109 Å². The molecular formula is C73H118O10. The number of hydrogen-bond donors (Lipinski definition) is 3. The molecule has 1 heterocycles. The van der Waals surface area contributed by atoms with E-state index in [0.29, 0.717) is 12.8 Å². The number of esters is 2. The Morgan fingerprint density at radius 3 is 0.976 bits per heavy atom. The van der Waals surface area contributed by atoms with Crippen molar-refractivity contribution in [2.75, 3.05) is 13.2 Å². The molecule has 2 aromatic carbocycles. The van der Waals surface area contributed by atoms with Crippen molar-refractivity contribution in [1.82, 2.24) is 0 Å². The summed E-state index contributed by atoms with van der Waals surface area (Å²) in [6.45, 7) is 9.45. The maximum atomic E-state index is 10.3. The molecule has 3 rings (SSSR count). The molecule has 2 aromatic rings. The lowest BCUT2D eigenvalue weighted by atomic mass is 10.0. The molecule has 1 aliphatic rings. The van der Waals surface area contributed by atoms with Crippen molar-refractivity contribution in [3.05, 3.63) is 120 Å². The number of aryl methyl sites for hydroxylation is 2. The van der Waals surface area contributed by atoms with Crippen LogP contribution in [0.5, 0.6) is 11.5 Å². The van der Waals surface area contributed by atoms with Gasteiger partial charge in [-0.15, -0.1) is 0 Å². The summed E-state index contributed by atoms with van der Waals surface area (Å²) in [5.41, 5.74) is 2.71. The van der Waals surface area contributed by atoms with Crippen LogP contribution in [0.3, 0.4) is 0 Å². The van der Waals surface area contributed by atoms with Crippen LogP contribution in [0.1, 0.15) is 283 Å². The van der Waals surface area contributed by atoms with E-state index in [0.717, 1.165) is 87.9 Å². The molecule has 83 heavy (non-hydrogen) atoms. The van der Waals surface area contributed by atoms with E-state index in [9.17, 15) is 24.3 Å². The SMILES string of the molecule is CCCCC/C=C\C/C=C\CCCCCCCC(=O)O.CCCCC/C=C\C/C=C\CCCCCCCC(=O)O.CCCCCCCCCc1ccc(OCC(O)COc2ccc(CCCCCCCCC)cc2)cc1.O=C1C=CC(=O)O1. The number of aliphatic hydroxyl groups is 1. The number of carboxylic acid groups (broad SMARTS) is 2. The van der Waals surface area contributed by atoms with E-state index in [1.54, 1.807) is 0 Å². The van der Waals surface area contributed by atoms with Gasteiger partial charge in [-0.05, 0) is 138 Å². The fraction of sp³-hybridized carbons (Fsp3) is 0.644. The number of unbranched alkanes of at least 4 members (excludes halogenated alkanes) is 28. The molecule has 0 fully saturated rings. The fourth-order valence-electron chi connectivity index (χ4n) is 8.99. The minimum Gasteiger partial charge on any atom is -0.491 e. The molecular weight excluding hydrogens is 1040 g/mol. The number of rotatable bonds is 50. The maximum absolute atomic E-state index is 10.3. The molecule has 0 saturated heterocycles. The first-order chi connectivity index (χ1) is 40.5. The van der Waals surface area contributed by atoms with Gasteiger partial charge in [0.25, 0.3) is 0 Å². The summed E-state index contributed by atoms with van der Waals surface area (Å²) in [5.74, 6) is -0.902. The van der Waals surface area contributed by atoms with Crippen LogP contribution in [0.2, 0.25) is 0 Å². The molecule has 470 valence electrons. The smallest absolute Gasteiger partial charge is 0.338 e. The van der Waals surface area contributed by atoms with E-state index in [4.69, 9.17) is 19.7 Å². The number of ether oxygens (including phenoxy) is 3. The van der Waals surface area contributed by atoms with Gasteiger partial charge in [0.1, 0.15) is 30.8 Å². The molecule has 0 aromatic heterocycles. The van der Waals surface area contributed by atoms with Crippen molar-refractivity contribution in [1.29, 1.82) is 0 Å². The number of allylic oxidation sites excluding steroid dienone is 8. The normalized spacial score (nSPS) is 12.0. The van der Waals surface area contributed by atoms with Crippen molar-refractivity contribution in [3.8, 4) is 11.5 Å². The Kier molecular flexibility index (Phi) is 57.5. The lowest BCUT2D eigenvalue weighted by Gasteiger charge is -2.14. The molecule has 0 unspecified atom stereocenters. The van der Waals surface area contributed by atoms with E-state index in [1.165, 1.54) is 191 Å². The summed E-state index contributed by atoms with van der Waals surface area (Å²) in [5, 5.41) is 27.3. The van der Waals surface area contributed by atoms with Gasteiger partial charge in [-0.25, -0.2) is 9.59 Å². The maximum Gasteiger partial charge on any atom is 0.338 e. The second-order valence-electron chi connectivity index (χ2n) is 22.1. The van der Waals surface area contributed by atoms with Crippen molar-refractivity contribution in [3.63, 3.8) is 0 Å². The summed E-state index contributed by atoms with van der Waals surface area (Å²) >= 11 is 0. The van der Waals surface area contributed by atoms with E-state index in [-0.39, 0.29) is 13.2 Å². The van der Waals surface area contributed by atoms with Gasteiger partial charge in [-0.3, -0.25) is 9.59 Å². The number of aliphatic hydroxyl groups excluding tert-OH is 1. The Morgan fingerprint density at radius 1 is 0.398 bits per heavy atom. The molecule has 3 N–H and O–H groups in total. The molecule has 0 aliphatic carbocycles. The number of benzene rings is 2. The highest BCUT2D eigenvalue weighted by Crippen LogP contribution is 2.19. The van der Waals surface area contributed by atoms with Gasteiger partial charge in [0.15, 0.2) is 0 Å². The van der Waals surface area contributed by atoms with Gasteiger partial charge >= 0.3 is 23.9 Å². The second kappa shape index (κ2) is 61.3. The van der Waals surface area contributed by atoms with Crippen LogP contribution in [0, 0.1) is 0 Å². The first-order valence-electron chi connectivity index (χ1n) is 33.1. The standard InChI is InChI=1S/C33H52O3.2C18H32O2.C4H2O3/c1-3-5-7-9-11-13-15-17-29-19-23-32(24-20-29)35-27-31(34)28-36-33-25-21-30(22-26-33)18-16-14-12-10-8-6-4-2;2*1-2-3-4-5-6-7-8-9-10-11-12-13-14-15-16-17-18(19)20;5-3-1-2-4(6)7-3/h19-26,31,34H,3-18,27-28H2,1-2H3;2*6-7,9-10H,2-5,8,11-17H2,1H3,(H,19,20);1-2H/b;2*7-6-,10-9-;. The Labute approximate surface area is 506 Å². The zero-order valence-corrected chi connectivity index (χ0v) is 52.9. The fourth-order valence-corrected chi connectivity index (χ4v) is 8.99. The van der Waals surface area contributed by atoms with Crippen LogP contribution >= 0.6 is 0 Å². The highest BCUT2D eigenvalue weighted by Gasteiger charge is 2.11. The van der Waals surface area contributed by atoms with Gasteiger partial charge in [-0.1, -0.05) is 242 Å².